The van der Waals surface area contributed by atoms with Crippen LogP contribution in [-0.2, 0) is 15.8 Å². The highest BCUT2D eigenvalue weighted by Crippen LogP contribution is 2.32. The molecule has 0 bridgehead atoms. The standard InChI is InChI=1S/C23H18F3N3O3/c24-23(25,26)16-8-4-7-15(11-16)19-10-9-17(32-19)12-28-29-22(31)20-18(13-27-21(20)30)14-5-2-1-3-6-14/h1-12,18,20H,13H2,(H,27,30)(H,29,31)/b28-12-/t18-,20-/m1/s1. The number of furan rings is 1. The Balaban J connectivity index is 1.43. The summed E-state index contributed by atoms with van der Waals surface area (Å²) in [4.78, 5) is 24.7. The summed E-state index contributed by atoms with van der Waals surface area (Å²) in [5, 5.41) is 6.53. The first kappa shape index (κ1) is 21.4. The second-order valence-electron chi connectivity index (χ2n) is 7.25. The van der Waals surface area contributed by atoms with E-state index in [9.17, 15) is 22.8 Å². The van der Waals surface area contributed by atoms with E-state index >= 15 is 0 Å². The van der Waals surface area contributed by atoms with Gasteiger partial charge in [-0.05, 0) is 29.8 Å². The van der Waals surface area contributed by atoms with Gasteiger partial charge in [-0.2, -0.15) is 18.3 Å². The smallest absolute Gasteiger partial charge is 0.416 e. The zero-order chi connectivity index (χ0) is 22.7. The number of carbonyl (C=O) groups excluding carboxylic acids is 2. The van der Waals surface area contributed by atoms with Gasteiger partial charge in [-0.25, -0.2) is 5.43 Å². The van der Waals surface area contributed by atoms with Gasteiger partial charge in [0.1, 0.15) is 17.4 Å². The van der Waals surface area contributed by atoms with E-state index < -0.39 is 23.6 Å². The third-order valence-corrected chi connectivity index (χ3v) is 5.16. The number of hydrazone groups is 1. The van der Waals surface area contributed by atoms with Crippen LogP contribution >= 0.6 is 0 Å². The normalized spacial score (nSPS) is 18.7. The number of hydrogen-bond donors (Lipinski definition) is 2. The minimum Gasteiger partial charge on any atom is -0.455 e. The summed E-state index contributed by atoms with van der Waals surface area (Å²) in [6.07, 6.45) is -3.24. The van der Waals surface area contributed by atoms with E-state index in [4.69, 9.17) is 4.42 Å². The molecule has 0 radical (unpaired) electrons. The summed E-state index contributed by atoms with van der Waals surface area (Å²) in [7, 11) is 0. The van der Waals surface area contributed by atoms with Crippen molar-refractivity contribution in [3.8, 4) is 11.3 Å². The average Bonchev–Trinajstić information content (AvgIpc) is 3.40. The first-order valence-corrected chi connectivity index (χ1v) is 9.76. The average molecular weight is 441 g/mol. The lowest BCUT2D eigenvalue weighted by Crippen LogP contribution is -2.34. The number of rotatable bonds is 5. The molecule has 32 heavy (non-hydrogen) atoms. The number of benzene rings is 2. The van der Waals surface area contributed by atoms with Crippen molar-refractivity contribution in [2.24, 2.45) is 11.0 Å². The van der Waals surface area contributed by atoms with Crippen LogP contribution in [-0.4, -0.2) is 24.6 Å². The van der Waals surface area contributed by atoms with Gasteiger partial charge in [0.15, 0.2) is 0 Å². The molecule has 2 N–H and O–H groups in total. The van der Waals surface area contributed by atoms with Crippen molar-refractivity contribution in [1.82, 2.24) is 10.7 Å². The van der Waals surface area contributed by atoms with Crippen molar-refractivity contribution in [1.29, 1.82) is 0 Å². The van der Waals surface area contributed by atoms with Crippen molar-refractivity contribution in [2.45, 2.75) is 12.1 Å². The molecule has 4 rings (SSSR count). The molecule has 1 aliphatic rings. The van der Waals surface area contributed by atoms with Gasteiger partial charge in [0.25, 0.3) is 5.91 Å². The Bertz CT molecular complexity index is 1160. The monoisotopic (exact) mass is 441 g/mol. The fourth-order valence-corrected chi connectivity index (χ4v) is 3.59. The molecule has 1 aromatic heterocycles. The number of carbonyl (C=O) groups is 2. The van der Waals surface area contributed by atoms with E-state index in [-0.39, 0.29) is 28.9 Å². The van der Waals surface area contributed by atoms with Crippen molar-refractivity contribution in [3.63, 3.8) is 0 Å². The number of halogens is 3. The van der Waals surface area contributed by atoms with Gasteiger partial charge in [-0.15, -0.1) is 0 Å². The molecule has 0 unspecified atom stereocenters. The minimum atomic E-state index is -4.46. The van der Waals surface area contributed by atoms with E-state index in [1.54, 1.807) is 0 Å². The molecule has 2 heterocycles. The predicted molar refractivity (Wildman–Crippen MR) is 111 cm³/mol. The third kappa shape index (κ3) is 4.56. The molecule has 0 saturated carbocycles. The first-order valence-electron chi connectivity index (χ1n) is 9.76. The van der Waals surface area contributed by atoms with E-state index in [2.05, 4.69) is 15.8 Å². The lowest BCUT2D eigenvalue weighted by atomic mass is 9.88. The maximum Gasteiger partial charge on any atom is 0.416 e. The third-order valence-electron chi connectivity index (χ3n) is 5.16. The molecule has 9 heteroatoms. The number of amides is 2. The molecule has 164 valence electrons. The van der Waals surface area contributed by atoms with Gasteiger partial charge in [-0.1, -0.05) is 42.5 Å². The Morgan fingerprint density at radius 1 is 1.09 bits per heavy atom. The maximum absolute atomic E-state index is 12.9. The number of alkyl halides is 3. The van der Waals surface area contributed by atoms with Crippen LogP contribution in [0.25, 0.3) is 11.3 Å². The Hall–Kier alpha value is -3.88. The molecule has 3 aromatic rings. The summed E-state index contributed by atoms with van der Waals surface area (Å²) >= 11 is 0. The highest BCUT2D eigenvalue weighted by Gasteiger charge is 2.41. The number of hydrogen-bond acceptors (Lipinski definition) is 4. The second kappa shape index (κ2) is 8.70. The molecule has 2 amide bonds. The fraction of sp³-hybridized carbons (Fsp3) is 0.174. The zero-order valence-electron chi connectivity index (χ0n) is 16.6. The first-order chi connectivity index (χ1) is 15.3. The van der Waals surface area contributed by atoms with Gasteiger partial charge in [-0.3, -0.25) is 9.59 Å². The highest BCUT2D eigenvalue weighted by atomic mass is 19.4. The minimum absolute atomic E-state index is 0.225. The fourth-order valence-electron chi connectivity index (χ4n) is 3.59. The molecule has 1 saturated heterocycles. The van der Waals surface area contributed by atoms with Crippen LogP contribution in [0, 0.1) is 5.92 Å². The quantitative estimate of drug-likeness (QED) is 0.357. The van der Waals surface area contributed by atoms with Crippen LogP contribution in [0.5, 0.6) is 0 Å². The van der Waals surface area contributed by atoms with Crippen molar-refractivity contribution >= 4 is 18.0 Å². The predicted octanol–water partition coefficient (Wildman–Crippen LogP) is 3.95. The highest BCUT2D eigenvalue weighted by molar-refractivity contribution is 6.03. The Morgan fingerprint density at radius 2 is 1.88 bits per heavy atom. The molecule has 1 aliphatic heterocycles. The van der Waals surface area contributed by atoms with Crippen LogP contribution in [0.3, 0.4) is 0 Å². The Labute approximate surface area is 181 Å². The van der Waals surface area contributed by atoms with Crippen molar-refractivity contribution < 1.29 is 27.2 Å². The number of nitrogens with one attached hydrogen (secondary N) is 2. The van der Waals surface area contributed by atoms with Crippen molar-refractivity contribution in [3.05, 3.63) is 83.6 Å². The lowest BCUT2D eigenvalue weighted by molar-refractivity contribution is -0.137. The van der Waals surface area contributed by atoms with Gasteiger partial charge in [0.2, 0.25) is 5.91 Å². The van der Waals surface area contributed by atoms with E-state index in [0.717, 1.165) is 17.7 Å². The van der Waals surface area contributed by atoms with Crippen LogP contribution in [0.15, 0.2) is 76.2 Å². The van der Waals surface area contributed by atoms with E-state index in [1.165, 1.54) is 30.5 Å². The maximum atomic E-state index is 12.9. The zero-order valence-corrected chi connectivity index (χ0v) is 16.6. The summed E-state index contributed by atoms with van der Waals surface area (Å²) in [6, 6.07) is 17.0. The number of nitrogens with zero attached hydrogens (tertiary/aromatic N) is 1. The Morgan fingerprint density at radius 3 is 2.62 bits per heavy atom. The summed E-state index contributed by atoms with van der Waals surface area (Å²) < 4.78 is 44.2. The molecule has 1 fully saturated rings. The van der Waals surface area contributed by atoms with Gasteiger partial charge in [0.05, 0.1) is 11.8 Å². The SMILES string of the molecule is O=C1NC[C@H](c2ccccc2)[C@H]1C(=O)N/N=C\c1ccc(-c2cccc(C(F)(F)F)c2)o1. The van der Waals surface area contributed by atoms with Gasteiger partial charge in [0, 0.05) is 18.0 Å². The van der Waals surface area contributed by atoms with Crippen LogP contribution in [0.1, 0.15) is 22.8 Å². The molecule has 6 nitrogen and oxygen atoms in total. The van der Waals surface area contributed by atoms with Crippen molar-refractivity contribution in [2.75, 3.05) is 6.54 Å². The van der Waals surface area contributed by atoms with Crippen LogP contribution < -0.4 is 10.7 Å². The molecule has 0 spiro atoms. The summed E-state index contributed by atoms with van der Waals surface area (Å²) in [6.45, 7) is 0.350. The largest absolute Gasteiger partial charge is 0.455 e. The van der Waals surface area contributed by atoms with E-state index in [0.29, 0.717) is 6.54 Å². The Kier molecular flexibility index (Phi) is 5.81. The molecule has 0 aliphatic carbocycles. The molecule has 2 atom stereocenters. The van der Waals surface area contributed by atoms with Crippen LogP contribution in [0.2, 0.25) is 0 Å². The molecular weight excluding hydrogens is 423 g/mol. The molecular formula is C23H18F3N3O3. The second-order valence-corrected chi connectivity index (χ2v) is 7.25. The van der Waals surface area contributed by atoms with Crippen LogP contribution in [0.4, 0.5) is 13.2 Å². The lowest BCUT2D eigenvalue weighted by Gasteiger charge is -2.15. The summed E-state index contributed by atoms with van der Waals surface area (Å²) in [5.41, 5.74) is 2.69. The summed E-state index contributed by atoms with van der Waals surface area (Å²) in [5.74, 6) is -1.72. The molecule has 2 aromatic carbocycles. The van der Waals surface area contributed by atoms with E-state index in [1.807, 2.05) is 30.3 Å². The van der Waals surface area contributed by atoms with Gasteiger partial charge >= 0.3 is 6.18 Å². The topological polar surface area (TPSA) is 83.7 Å². The van der Waals surface area contributed by atoms with Gasteiger partial charge < -0.3 is 9.73 Å².